The Labute approximate surface area is 136 Å². The third-order valence-electron chi connectivity index (χ3n) is 2.69. The van der Waals surface area contributed by atoms with Crippen molar-refractivity contribution in [2.24, 2.45) is 0 Å². The molecule has 2 rings (SSSR count). The van der Waals surface area contributed by atoms with Crippen molar-refractivity contribution in [3.8, 4) is 5.75 Å². The lowest BCUT2D eigenvalue weighted by Crippen LogP contribution is -2.27. The second kappa shape index (κ2) is 6.78. The van der Waals surface area contributed by atoms with Crippen LogP contribution in [0.5, 0.6) is 5.75 Å². The molecule has 1 aromatic carbocycles. The first kappa shape index (κ1) is 16.3. The lowest BCUT2D eigenvalue weighted by Gasteiger charge is -2.13. The normalized spacial score (nSPS) is 11.6. The zero-order valence-electron chi connectivity index (χ0n) is 11.1. The fourth-order valence-corrected chi connectivity index (χ4v) is 4.14. The van der Waals surface area contributed by atoms with Gasteiger partial charge in [-0.2, -0.15) is 0 Å². The van der Waals surface area contributed by atoms with E-state index >= 15 is 0 Å². The first-order valence-corrected chi connectivity index (χ1v) is 8.58. The van der Waals surface area contributed by atoms with Crippen LogP contribution in [0.1, 0.15) is 0 Å². The maximum atomic E-state index is 12.3. The number of benzene rings is 1. The molecule has 0 radical (unpaired) electrons. The Hall–Kier alpha value is -1.09. The summed E-state index contributed by atoms with van der Waals surface area (Å²) in [5.74, 6) is 0.217. The van der Waals surface area contributed by atoms with Gasteiger partial charge in [0.15, 0.2) is 5.75 Å². The van der Waals surface area contributed by atoms with Crippen molar-refractivity contribution in [2.45, 2.75) is 11.4 Å². The quantitative estimate of drug-likeness (QED) is 0.816. The van der Waals surface area contributed by atoms with E-state index in [1.807, 2.05) is 0 Å². The van der Waals surface area contributed by atoms with Crippen molar-refractivity contribution in [1.29, 1.82) is 0 Å². The smallest absolute Gasteiger partial charge is 0.244 e. The Kier molecular flexibility index (Phi) is 5.26. The predicted molar refractivity (Wildman–Crippen MR) is 83.1 cm³/mol. The van der Waals surface area contributed by atoms with Crippen molar-refractivity contribution >= 4 is 37.6 Å². The number of imidazole rings is 1. The molecule has 0 spiro atoms. The highest BCUT2D eigenvalue weighted by Crippen LogP contribution is 2.35. The van der Waals surface area contributed by atoms with Gasteiger partial charge in [0.05, 0.1) is 17.9 Å². The molecule has 1 aromatic heterocycles. The number of nitrogens with zero attached hydrogens (tertiary/aromatic N) is 2. The van der Waals surface area contributed by atoms with Gasteiger partial charge in [-0.05, 0) is 28.1 Å². The van der Waals surface area contributed by atoms with Gasteiger partial charge in [0.2, 0.25) is 10.0 Å². The second-order valence-corrected chi connectivity index (χ2v) is 7.14. The van der Waals surface area contributed by atoms with E-state index < -0.39 is 10.0 Å². The van der Waals surface area contributed by atoms with Crippen LogP contribution in [-0.4, -0.2) is 31.6 Å². The molecule has 0 aliphatic heterocycles. The number of aromatic nitrogens is 2. The standard InChI is InChI=1S/C12H13BrClN3O3S/c1-20-12-10(13)6-9(14)7-11(12)21(18,19)16-3-5-17-4-2-15-8-17/h2,4,6-8,16H,3,5H2,1H3. The highest BCUT2D eigenvalue weighted by Gasteiger charge is 2.22. The molecule has 0 aliphatic carbocycles. The maximum absolute atomic E-state index is 12.3. The van der Waals surface area contributed by atoms with E-state index in [0.717, 1.165) is 0 Å². The van der Waals surface area contributed by atoms with Crippen LogP contribution in [0.2, 0.25) is 5.02 Å². The first-order valence-electron chi connectivity index (χ1n) is 5.92. The summed E-state index contributed by atoms with van der Waals surface area (Å²) in [6.45, 7) is 0.704. The van der Waals surface area contributed by atoms with Gasteiger partial charge in [-0.3, -0.25) is 0 Å². The topological polar surface area (TPSA) is 73.2 Å². The number of nitrogens with one attached hydrogen (secondary N) is 1. The number of sulfonamides is 1. The second-order valence-electron chi connectivity index (χ2n) is 4.12. The van der Waals surface area contributed by atoms with E-state index in [2.05, 4.69) is 25.6 Å². The highest BCUT2D eigenvalue weighted by atomic mass is 79.9. The number of hydrogen-bond donors (Lipinski definition) is 1. The summed E-state index contributed by atoms with van der Waals surface area (Å²) in [6, 6.07) is 2.93. The third kappa shape index (κ3) is 3.97. The molecule has 1 N–H and O–H groups in total. The first-order chi connectivity index (χ1) is 9.94. The molecule has 1 heterocycles. The molecule has 9 heteroatoms. The summed E-state index contributed by atoms with van der Waals surface area (Å²) in [7, 11) is -2.32. The SMILES string of the molecule is COc1c(Br)cc(Cl)cc1S(=O)(=O)NCCn1ccnc1. The number of ether oxygens (including phenoxy) is 1. The highest BCUT2D eigenvalue weighted by molar-refractivity contribution is 9.10. The van der Waals surface area contributed by atoms with Crippen LogP contribution in [0.4, 0.5) is 0 Å². The molecule has 0 bridgehead atoms. The molecule has 0 unspecified atom stereocenters. The van der Waals surface area contributed by atoms with Crippen LogP contribution in [0.25, 0.3) is 0 Å². The number of rotatable bonds is 6. The van der Waals surface area contributed by atoms with E-state index in [9.17, 15) is 8.42 Å². The largest absolute Gasteiger partial charge is 0.494 e. The Morgan fingerprint density at radius 1 is 1.48 bits per heavy atom. The van der Waals surface area contributed by atoms with Crippen molar-refractivity contribution in [2.75, 3.05) is 13.7 Å². The van der Waals surface area contributed by atoms with E-state index in [0.29, 0.717) is 16.0 Å². The fourth-order valence-electron chi connectivity index (χ4n) is 1.74. The summed E-state index contributed by atoms with van der Waals surface area (Å²) in [4.78, 5) is 3.88. The van der Waals surface area contributed by atoms with Crippen LogP contribution >= 0.6 is 27.5 Å². The molecule has 0 aliphatic rings. The summed E-state index contributed by atoms with van der Waals surface area (Å²) in [6.07, 6.45) is 5.00. The number of halogens is 2. The van der Waals surface area contributed by atoms with Gasteiger partial charge in [-0.15, -0.1) is 0 Å². The van der Waals surface area contributed by atoms with Crippen LogP contribution in [0.3, 0.4) is 0 Å². The number of methoxy groups -OCH3 is 1. The minimum absolute atomic E-state index is 0.00462. The van der Waals surface area contributed by atoms with Crippen LogP contribution < -0.4 is 9.46 Å². The molecule has 0 saturated carbocycles. The molecular formula is C12H13BrClN3O3S. The Bertz CT molecular complexity index is 720. The van der Waals surface area contributed by atoms with Crippen molar-refractivity contribution in [3.05, 3.63) is 40.3 Å². The summed E-state index contributed by atoms with van der Waals surface area (Å²) in [5.41, 5.74) is 0. The zero-order valence-corrected chi connectivity index (χ0v) is 14.2. The van der Waals surface area contributed by atoms with Gasteiger partial charge in [-0.1, -0.05) is 11.6 Å². The van der Waals surface area contributed by atoms with Crippen LogP contribution in [-0.2, 0) is 16.6 Å². The molecule has 0 fully saturated rings. The van der Waals surface area contributed by atoms with E-state index in [4.69, 9.17) is 16.3 Å². The van der Waals surface area contributed by atoms with E-state index in [-0.39, 0.29) is 17.2 Å². The number of hydrogen-bond acceptors (Lipinski definition) is 4. The lowest BCUT2D eigenvalue weighted by molar-refractivity contribution is 0.399. The van der Waals surface area contributed by atoms with Gasteiger partial charge >= 0.3 is 0 Å². The molecule has 114 valence electrons. The Morgan fingerprint density at radius 2 is 2.24 bits per heavy atom. The van der Waals surface area contributed by atoms with Gasteiger partial charge in [0.1, 0.15) is 4.90 Å². The van der Waals surface area contributed by atoms with Gasteiger partial charge in [-0.25, -0.2) is 18.1 Å². The van der Waals surface area contributed by atoms with Gasteiger partial charge in [0.25, 0.3) is 0 Å². The van der Waals surface area contributed by atoms with E-state index in [1.54, 1.807) is 29.4 Å². The summed E-state index contributed by atoms with van der Waals surface area (Å²) in [5, 5.41) is 0.303. The third-order valence-corrected chi connectivity index (χ3v) is 4.96. The predicted octanol–water partition coefficient (Wildman–Crippen LogP) is 2.29. The summed E-state index contributed by atoms with van der Waals surface area (Å²) < 4.78 is 34.6. The maximum Gasteiger partial charge on any atom is 0.244 e. The molecule has 2 aromatic rings. The Balaban J connectivity index is 2.19. The van der Waals surface area contributed by atoms with Crippen LogP contribution in [0, 0.1) is 0 Å². The van der Waals surface area contributed by atoms with Crippen LogP contribution in [0.15, 0.2) is 40.2 Å². The van der Waals surface area contributed by atoms with Gasteiger partial charge in [0, 0.05) is 30.5 Å². The monoisotopic (exact) mass is 393 g/mol. The minimum atomic E-state index is -3.72. The molecule has 21 heavy (non-hydrogen) atoms. The Morgan fingerprint density at radius 3 is 2.86 bits per heavy atom. The van der Waals surface area contributed by atoms with E-state index in [1.165, 1.54) is 13.2 Å². The molecule has 0 amide bonds. The average Bonchev–Trinajstić information content (AvgIpc) is 2.91. The average molecular weight is 395 g/mol. The molecule has 0 saturated heterocycles. The lowest BCUT2D eigenvalue weighted by atomic mass is 10.3. The molecule has 0 atom stereocenters. The molecular weight excluding hydrogens is 382 g/mol. The van der Waals surface area contributed by atoms with Crippen molar-refractivity contribution < 1.29 is 13.2 Å². The fraction of sp³-hybridized carbons (Fsp3) is 0.250. The van der Waals surface area contributed by atoms with Crippen molar-refractivity contribution in [1.82, 2.24) is 14.3 Å². The molecule has 6 nitrogen and oxygen atoms in total. The summed E-state index contributed by atoms with van der Waals surface area (Å²) >= 11 is 9.15. The zero-order chi connectivity index (χ0) is 15.5. The van der Waals surface area contributed by atoms with Crippen molar-refractivity contribution in [3.63, 3.8) is 0 Å². The minimum Gasteiger partial charge on any atom is -0.494 e. The van der Waals surface area contributed by atoms with Gasteiger partial charge < -0.3 is 9.30 Å².